The van der Waals surface area contributed by atoms with Crippen LogP contribution in [0.1, 0.15) is 5.56 Å². The first-order chi connectivity index (χ1) is 12.5. The van der Waals surface area contributed by atoms with E-state index in [-0.39, 0.29) is 0 Å². The Hall–Kier alpha value is -2.86. The minimum absolute atomic E-state index is 0.702. The van der Waals surface area contributed by atoms with Gasteiger partial charge in [-0.3, -0.25) is 14.8 Å². The number of aromatic amines is 1. The van der Waals surface area contributed by atoms with Crippen molar-refractivity contribution in [2.24, 2.45) is 7.05 Å². The number of halogens is 1. The van der Waals surface area contributed by atoms with E-state index in [9.17, 15) is 0 Å². The first-order valence-corrected chi connectivity index (χ1v) is 8.63. The number of anilines is 1. The number of benzene rings is 1. The Morgan fingerprint density at radius 1 is 1.19 bits per heavy atom. The molecule has 1 aromatic carbocycles. The number of pyridine rings is 1. The average molecular weight is 367 g/mol. The van der Waals surface area contributed by atoms with E-state index in [0.717, 1.165) is 44.7 Å². The van der Waals surface area contributed by atoms with Crippen molar-refractivity contribution in [3.63, 3.8) is 0 Å². The predicted molar refractivity (Wildman–Crippen MR) is 106 cm³/mol. The second-order valence-electron chi connectivity index (χ2n) is 6.58. The van der Waals surface area contributed by atoms with E-state index in [1.165, 1.54) is 0 Å². The molecule has 0 aliphatic carbocycles. The molecule has 132 valence electrons. The molecule has 4 rings (SSSR count). The van der Waals surface area contributed by atoms with Gasteiger partial charge in [0.15, 0.2) is 0 Å². The number of H-pyrrole nitrogens is 1. The maximum Gasteiger partial charge on any atom is 0.103 e. The van der Waals surface area contributed by atoms with Gasteiger partial charge in [-0.25, -0.2) is 0 Å². The molecule has 0 atom stereocenters. The van der Waals surface area contributed by atoms with E-state index >= 15 is 0 Å². The second kappa shape index (κ2) is 6.14. The minimum atomic E-state index is 0.702. The van der Waals surface area contributed by atoms with Gasteiger partial charge < -0.3 is 4.90 Å². The van der Waals surface area contributed by atoms with Gasteiger partial charge in [-0.2, -0.15) is 10.2 Å². The molecule has 0 radical (unpaired) electrons. The highest BCUT2D eigenvalue weighted by atomic mass is 35.5. The van der Waals surface area contributed by atoms with Gasteiger partial charge in [0.05, 0.1) is 34.3 Å². The van der Waals surface area contributed by atoms with Gasteiger partial charge in [0.25, 0.3) is 0 Å². The molecule has 1 N–H and O–H groups in total. The Morgan fingerprint density at radius 2 is 2.00 bits per heavy atom. The summed E-state index contributed by atoms with van der Waals surface area (Å²) >= 11 is 6.71. The molecule has 0 aliphatic heterocycles. The fourth-order valence-corrected chi connectivity index (χ4v) is 3.62. The summed E-state index contributed by atoms with van der Waals surface area (Å²) in [4.78, 5) is 6.62. The maximum atomic E-state index is 6.71. The van der Waals surface area contributed by atoms with Gasteiger partial charge in [0.1, 0.15) is 5.69 Å². The van der Waals surface area contributed by atoms with Crippen LogP contribution in [0.4, 0.5) is 5.69 Å². The van der Waals surface area contributed by atoms with Crippen molar-refractivity contribution in [2.45, 2.75) is 6.92 Å². The van der Waals surface area contributed by atoms with Gasteiger partial charge in [0.2, 0.25) is 0 Å². The van der Waals surface area contributed by atoms with E-state index in [4.69, 9.17) is 11.6 Å². The topological polar surface area (TPSA) is 62.6 Å². The van der Waals surface area contributed by atoms with Crippen LogP contribution in [-0.2, 0) is 7.05 Å². The van der Waals surface area contributed by atoms with Crippen LogP contribution in [0.5, 0.6) is 0 Å². The third-order valence-electron chi connectivity index (χ3n) is 4.49. The van der Waals surface area contributed by atoms with E-state index < -0.39 is 0 Å². The SMILES string of the molecule is Cc1ccc(N(C)C)c(Cl)c1-c1cc2c(-c3cnn(C)c3)n[nH]c2cn1. The van der Waals surface area contributed by atoms with Gasteiger partial charge >= 0.3 is 0 Å². The molecule has 0 amide bonds. The second-order valence-corrected chi connectivity index (χ2v) is 6.95. The normalized spacial score (nSPS) is 11.3. The summed E-state index contributed by atoms with van der Waals surface area (Å²) in [7, 11) is 5.85. The van der Waals surface area contributed by atoms with Crippen LogP contribution in [0.25, 0.3) is 33.4 Å². The molecule has 0 aliphatic rings. The molecular weight excluding hydrogens is 348 g/mol. The Kier molecular flexibility index (Phi) is 3.92. The Balaban J connectivity index is 1.93. The van der Waals surface area contributed by atoms with Crippen LogP contribution in [0.15, 0.2) is 36.8 Å². The first-order valence-electron chi connectivity index (χ1n) is 8.25. The number of nitrogens with zero attached hydrogens (tertiary/aromatic N) is 5. The van der Waals surface area contributed by atoms with Crippen molar-refractivity contribution < 1.29 is 0 Å². The predicted octanol–water partition coefficient (Wildman–Crippen LogP) is 4.05. The van der Waals surface area contributed by atoms with Gasteiger partial charge in [-0.1, -0.05) is 17.7 Å². The highest BCUT2D eigenvalue weighted by Crippen LogP contribution is 2.38. The quantitative estimate of drug-likeness (QED) is 0.594. The van der Waals surface area contributed by atoms with Gasteiger partial charge in [-0.05, 0) is 24.6 Å². The van der Waals surface area contributed by atoms with E-state index in [0.29, 0.717) is 5.02 Å². The maximum absolute atomic E-state index is 6.71. The Bertz CT molecular complexity index is 1110. The van der Waals surface area contributed by atoms with Crippen LogP contribution < -0.4 is 4.90 Å². The summed E-state index contributed by atoms with van der Waals surface area (Å²) in [6, 6.07) is 6.13. The summed E-state index contributed by atoms with van der Waals surface area (Å²) < 4.78 is 1.76. The average Bonchev–Trinajstić information content (AvgIpc) is 3.20. The highest BCUT2D eigenvalue weighted by Gasteiger charge is 2.17. The number of aromatic nitrogens is 5. The zero-order valence-corrected chi connectivity index (χ0v) is 15.8. The van der Waals surface area contributed by atoms with E-state index in [1.807, 2.05) is 51.3 Å². The molecule has 4 aromatic rings. The number of fused-ring (bicyclic) bond motifs is 1. The van der Waals surface area contributed by atoms with E-state index in [2.05, 4.69) is 26.3 Å². The lowest BCUT2D eigenvalue weighted by Gasteiger charge is -2.18. The zero-order valence-electron chi connectivity index (χ0n) is 15.1. The van der Waals surface area contributed by atoms with E-state index in [1.54, 1.807) is 17.1 Å². The minimum Gasteiger partial charge on any atom is -0.376 e. The molecule has 26 heavy (non-hydrogen) atoms. The molecule has 0 unspecified atom stereocenters. The lowest BCUT2D eigenvalue weighted by Crippen LogP contribution is -2.09. The fraction of sp³-hybridized carbons (Fsp3) is 0.211. The third kappa shape index (κ3) is 2.63. The largest absolute Gasteiger partial charge is 0.376 e. The monoisotopic (exact) mass is 366 g/mol. The summed E-state index contributed by atoms with van der Waals surface area (Å²) in [6.45, 7) is 2.05. The Morgan fingerprint density at radius 3 is 2.69 bits per heavy atom. The van der Waals surface area contributed by atoms with Crippen molar-refractivity contribution in [3.8, 4) is 22.5 Å². The molecular formula is C19H19ClN6. The molecule has 0 saturated carbocycles. The fourth-order valence-electron chi connectivity index (χ4n) is 3.14. The molecule has 0 bridgehead atoms. The summed E-state index contributed by atoms with van der Waals surface area (Å²) in [5, 5.41) is 13.4. The Labute approximate surface area is 156 Å². The molecule has 0 saturated heterocycles. The van der Waals surface area contributed by atoms with Crippen LogP contribution in [0.2, 0.25) is 5.02 Å². The van der Waals surface area contributed by atoms with Crippen LogP contribution >= 0.6 is 11.6 Å². The molecule has 0 fully saturated rings. The summed E-state index contributed by atoms with van der Waals surface area (Å²) in [6.07, 6.45) is 5.55. The van der Waals surface area contributed by atoms with Crippen molar-refractivity contribution in [1.29, 1.82) is 0 Å². The number of nitrogens with one attached hydrogen (secondary N) is 1. The number of hydrogen-bond donors (Lipinski definition) is 1. The molecule has 3 aromatic heterocycles. The lowest BCUT2D eigenvalue weighted by atomic mass is 10.0. The smallest absolute Gasteiger partial charge is 0.103 e. The molecule has 3 heterocycles. The van der Waals surface area contributed by atoms with Crippen LogP contribution in [-0.4, -0.2) is 39.1 Å². The van der Waals surface area contributed by atoms with Crippen molar-refractivity contribution in [3.05, 3.63) is 47.4 Å². The van der Waals surface area contributed by atoms with Crippen molar-refractivity contribution >= 4 is 28.2 Å². The summed E-state index contributed by atoms with van der Waals surface area (Å²) in [5.41, 5.74) is 6.52. The highest BCUT2D eigenvalue weighted by molar-refractivity contribution is 6.36. The van der Waals surface area contributed by atoms with Gasteiger partial charge in [0, 0.05) is 43.9 Å². The van der Waals surface area contributed by atoms with Crippen molar-refractivity contribution in [2.75, 3.05) is 19.0 Å². The van der Waals surface area contributed by atoms with Gasteiger partial charge in [-0.15, -0.1) is 0 Å². The molecule has 6 nitrogen and oxygen atoms in total. The summed E-state index contributed by atoms with van der Waals surface area (Å²) in [5.74, 6) is 0. The number of aryl methyl sites for hydroxylation is 2. The molecule has 0 spiro atoms. The number of hydrogen-bond acceptors (Lipinski definition) is 4. The third-order valence-corrected chi connectivity index (χ3v) is 4.88. The zero-order chi connectivity index (χ0) is 18.4. The number of rotatable bonds is 3. The van der Waals surface area contributed by atoms with Crippen molar-refractivity contribution in [1.82, 2.24) is 25.0 Å². The first kappa shape index (κ1) is 16.6. The molecule has 7 heteroatoms. The lowest BCUT2D eigenvalue weighted by molar-refractivity contribution is 0.768. The van der Waals surface area contributed by atoms with Crippen LogP contribution in [0.3, 0.4) is 0 Å². The van der Waals surface area contributed by atoms with Crippen LogP contribution in [0, 0.1) is 6.92 Å². The standard InChI is InChI=1S/C19H19ClN6/c1-11-5-6-16(25(2)3)18(20)17(11)14-7-13-15(9-21-14)23-24-19(13)12-8-22-26(4)10-12/h5-10H,1-4H3,(H,23,24).